The third-order valence-electron chi connectivity index (χ3n) is 5.55. The van der Waals surface area contributed by atoms with Gasteiger partial charge in [-0.05, 0) is 44.2 Å². The van der Waals surface area contributed by atoms with Crippen LogP contribution in [0.4, 0.5) is 5.69 Å². The number of hydrogen-bond acceptors (Lipinski definition) is 4. The smallest absolute Gasteiger partial charge is 0.273 e. The van der Waals surface area contributed by atoms with Gasteiger partial charge in [-0.25, -0.2) is 0 Å². The summed E-state index contributed by atoms with van der Waals surface area (Å²) in [5.74, 6) is 1.61. The number of para-hydroxylation sites is 1. The zero-order valence-corrected chi connectivity index (χ0v) is 14.9. The topological polar surface area (TPSA) is 49.6 Å². The second kappa shape index (κ2) is 7.62. The summed E-state index contributed by atoms with van der Waals surface area (Å²) in [5.41, 5.74) is 1.08. The largest absolute Gasteiger partial charge is 0.300 e. The molecule has 2 atom stereocenters. The van der Waals surface area contributed by atoms with E-state index in [2.05, 4.69) is 23.6 Å². The van der Waals surface area contributed by atoms with Gasteiger partial charge in [-0.15, -0.1) is 0 Å². The lowest BCUT2D eigenvalue weighted by atomic mass is 9.89. The molecule has 132 valence electrons. The lowest BCUT2D eigenvalue weighted by Crippen LogP contribution is -2.49. The van der Waals surface area contributed by atoms with Gasteiger partial charge in [0.2, 0.25) is 0 Å². The Labute approximate surface area is 144 Å². The van der Waals surface area contributed by atoms with E-state index < -0.39 is 0 Å². The van der Waals surface area contributed by atoms with Crippen LogP contribution in [0.3, 0.4) is 0 Å². The highest BCUT2D eigenvalue weighted by atomic mass is 16.6. The zero-order valence-electron chi connectivity index (χ0n) is 14.9. The number of piperidine rings is 2. The first-order valence-electron chi connectivity index (χ1n) is 9.21. The Balaban J connectivity index is 1.55. The van der Waals surface area contributed by atoms with Crippen molar-refractivity contribution in [3.05, 3.63) is 39.9 Å². The monoisotopic (exact) mass is 331 g/mol. The van der Waals surface area contributed by atoms with Gasteiger partial charge in [0.25, 0.3) is 5.69 Å². The molecule has 2 aliphatic rings. The normalized spacial score (nSPS) is 27.2. The molecular weight excluding hydrogens is 302 g/mol. The summed E-state index contributed by atoms with van der Waals surface area (Å²) in [7, 11) is 0. The first kappa shape index (κ1) is 17.4. The quantitative estimate of drug-likeness (QED) is 0.625. The highest BCUT2D eigenvalue weighted by Crippen LogP contribution is 2.28. The molecule has 0 saturated carbocycles. The molecule has 0 bridgehead atoms. The number of nitro groups is 1. The minimum Gasteiger partial charge on any atom is -0.300 e. The third kappa shape index (κ3) is 4.14. The molecule has 2 saturated heterocycles. The van der Waals surface area contributed by atoms with Crippen LogP contribution in [0.2, 0.25) is 0 Å². The van der Waals surface area contributed by atoms with Gasteiger partial charge < -0.3 is 0 Å². The van der Waals surface area contributed by atoms with Crippen molar-refractivity contribution in [3.63, 3.8) is 0 Å². The van der Waals surface area contributed by atoms with Crippen LogP contribution >= 0.6 is 0 Å². The van der Waals surface area contributed by atoms with Crippen LogP contribution in [-0.2, 0) is 6.54 Å². The average Bonchev–Trinajstić information content (AvgIpc) is 2.55. The van der Waals surface area contributed by atoms with Crippen LogP contribution in [0.15, 0.2) is 24.3 Å². The number of rotatable bonds is 4. The number of nitrogens with zero attached hydrogens (tertiary/aromatic N) is 3. The molecule has 0 N–H and O–H groups in total. The summed E-state index contributed by atoms with van der Waals surface area (Å²) in [6.45, 7) is 9.97. The van der Waals surface area contributed by atoms with E-state index in [1.165, 1.54) is 32.4 Å². The predicted octanol–water partition coefficient (Wildman–Crippen LogP) is 3.54. The molecule has 0 amide bonds. The van der Waals surface area contributed by atoms with Gasteiger partial charge in [0.05, 0.1) is 4.92 Å². The fourth-order valence-electron chi connectivity index (χ4n) is 4.52. The molecule has 3 rings (SSSR count). The van der Waals surface area contributed by atoms with Gasteiger partial charge in [0, 0.05) is 37.3 Å². The summed E-state index contributed by atoms with van der Waals surface area (Å²) < 4.78 is 0. The molecule has 0 aromatic heterocycles. The van der Waals surface area contributed by atoms with E-state index in [1.54, 1.807) is 12.1 Å². The minimum absolute atomic E-state index is 0.248. The Morgan fingerprint density at radius 2 is 1.75 bits per heavy atom. The standard InChI is InChI=1S/C19H29N3O2/c1-15-11-16(2)13-21(12-15)18-7-9-20(10-8-18)14-17-5-3-4-6-19(17)22(23)24/h3-6,15-16,18H,7-14H2,1-2H3/t15-,16-/m1/s1. The van der Waals surface area contributed by atoms with E-state index in [9.17, 15) is 10.1 Å². The van der Waals surface area contributed by atoms with Crippen LogP contribution < -0.4 is 0 Å². The van der Waals surface area contributed by atoms with Crippen molar-refractivity contribution in [2.45, 2.75) is 45.7 Å². The Hall–Kier alpha value is -1.46. The maximum Gasteiger partial charge on any atom is 0.273 e. The van der Waals surface area contributed by atoms with Gasteiger partial charge in [-0.2, -0.15) is 0 Å². The fraction of sp³-hybridized carbons (Fsp3) is 0.684. The molecule has 2 aliphatic heterocycles. The van der Waals surface area contributed by atoms with Gasteiger partial charge >= 0.3 is 0 Å². The van der Waals surface area contributed by atoms with Gasteiger partial charge in [0.1, 0.15) is 0 Å². The lowest BCUT2D eigenvalue weighted by Gasteiger charge is -2.43. The second-order valence-electron chi connectivity index (χ2n) is 7.79. The SMILES string of the molecule is C[C@@H]1C[C@@H](C)CN(C2CCN(Cc3ccccc3[N+](=O)[O-])CC2)C1. The van der Waals surface area contributed by atoms with E-state index in [1.807, 2.05) is 12.1 Å². The molecule has 0 spiro atoms. The Morgan fingerprint density at radius 1 is 1.12 bits per heavy atom. The first-order valence-corrected chi connectivity index (χ1v) is 9.21. The van der Waals surface area contributed by atoms with E-state index in [4.69, 9.17) is 0 Å². The second-order valence-corrected chi connectivity index (χ2v) is 7.79. The van der Waals surface area contributed by atoms with Crippen LogP contribution in [0.5, 0.6) is 0 Å². The van der Waals surface area contributed by atoms with Gasteiger partial charge in [0.15, 0.2) is 0 Å². The Morgan fingerprint density at radius 3 is 2.38 bits per heavy atom. The molecule has 24 heavy (non-hydrogen) atoms. The summed E-state index contributed by atoms with van der Waals surface area (Å²) in [6, 6.07) is 7.83. The maximum absolute atomic E-state index is 11.2. The van der Waals surface area contributed by atoms with Crippen molar-refractivity contribution in [2.75, 3.05) is 26.2 Å². The van der Waals surface area contributed by atoms with Crippen molar-refractivity contribution in [2.24, 2.45) is 11.8 Å². The summed E-state index contributed by atoms with van der Waals surface area (Å²) in [6.07, 6.45) is 3.72. The molecule has 5 heteroatoms. The lowest BCUT2D eigenvalue weighted by molar-refractivity contribution is -0.385. The number of benzene rings is 1. The Bertz CT molecular complexity index is 559. The molecule has 0 unspecified atom stereocenters. The predicted molar refractivity (Wildman–Crippen MR) is 95.9 cm³/mol. The molecule has 1 aromatic carbocycles. The van der Waals surface area contributed by atoms with E-state index >= 15 is 0 Å². The Kier molecular flexibility index (Phi) is 5.51. The van der Waals surface area contributed by atoms with Crippen molar-refractivity contribution in [1.29, 1.82) is 0 Å². The fourth-order valence-corrected chi connectivity index (χ4v) is 4.52. The highest BCUT2D eigenvalue weighted by molar-refractivity contribution is 5.39. The van der Waals surface area contributed by atoms with Crippen molar-refractivity contribution in [3.8, 4) is 0 Å². The summed E-state index contributed by atoms with van der Waals surface area (Å²) in [4.78, 5) is 16.0. The third-order valence-corrected chi connectivity index (χ3v) is 5.55. The van der Waals surface area contributed by atoms with Crippen LogP contribution in [-0.4, -0.2) is 46.9 Å². The molecule has 2 heterocycles. The molecule has 1 aromatic rings. The molecule has 0 radical (unpaired) electrons. The van der Waals surface area contributed by atoms with Crippen LogP contribution in [0, 0.1) is 22.0 Å². The molecule has 2 fully saturated rings. The highest BCUT2D eigenvalue weighted by Gasteiger charge is 2.30. The van der Waals surface area contributed by atoms with Crippen molar-refractivity contribution in [1.82, 2.24) is 9.80 Å². The van der Waals surface area contributed by atoms with E-state index in [0.717, 1.165) is 30.5 Å². The van der Waals surface area contributed by atoms with Gasteiger partial charge in [-0.1, -0.05) is 32.0 Å². The van der Waals surface area contributed by atoms with Crippen LogP contribution in [0.25, 0.3) is 0 Å². The van der Waals surface area contributed by atoms with Crippen LogP contribution in [0.1, 0.15) is 38.7 Å². The molecule has 0 aliphatic carbocycles. The molecule has 5 nitrogen and oxygen atoms in total. The number of likely N-dealkylation sites (tertiary alicyclic amines) is 2. The van der Waals surface area contributed by atoms with Crippen molar-refractivity contribution >= 4 is 5.69 Å². The average molecular weight is 331 g/mol. The minimum atomic E-state index is -0.265. The number of hydrogen-bond donors (Lipinski definition) is 0. The van der Waals surface area contributed by atoms with Crippen molar-refractivity contribution < 1.29 is 4.92 Å². The maximum atomic E-state index is 11.2. The zero-order chi connectivity index (χ0) is 17.1. The summed E-state index contributed by atoms with van der Waals surface area (Å²) >= 11 is 0. The number of nitro benzene ring substituents is 1. The van der Waals surface area contributed by atoms with E-state index in [-0.39, 0.29) is 10.6 Å². The van der Waals surface area contributed by atoms with Gasteiger partial charge in [-0.3, -0.25) is 19.9 Å². The summed E-state index contributed by atoms with van der Waals surface area (Å²) in [5, 5.41) is 11.2. The van der Waals surface area contributed by atoms with E-state index in [0.29, 0.717) is 12.6 Å². The molecular formula is C19H29N3O2. The first-order chi connectivity index (χ1) is 11.5.